The Bertz CT molecular complexity index is 213. The fourth-order valence-electron chi connectivity index (χ4n) is 0.0373. The summed E-state index contributed by atoms with van der Waals surface area (Å²) in [5, 5.41) is 7.69. The largest absolute Gasteiger partial charge is 0.244 e. The molecule has 0 aliphatic heterocycles. The van der Waals surface area contributed by atoms with Gasteiger partial charge >= 0.3 is 0 Å². The molecular formula is C2ClNO2S. The van der Waals surface area contributed by atoms with Crippen LogP contribution < -0.4 is 0 Å². The minimum Gasteiger partial charge on any atom is -0.190 e. The molecular weight excluding hydrogens is 138 g/mol. The van der Waals surface area contributed by atoms with E-state index in [4.69, 9.17) is 16.9 Å². The van der Waals surface area contributed by atoms with Crippen LogP contribution in [0, 0.1) is 11.3 Å². The molecule has 7 heavy (non-hydrogen) atoms. The summed E-state index contributed by atoms with van der Waals surface area (Å²) >= 11 is 4.74. The minimum absolute atomic E-state index is 0.708. The van der Waals surface area contributed by atoms with Crippen molar-refractivity contribution in [2.75, 3.05) is 0 Å². The molecule has 0 bridgehead atoms. The van der Waals surface area contributed by atoms with Crippen LogP contribution in [-0.2, 0) is 10.3 Å². The smallest absolute Gasteiger partial charge is 0.190 e. The molecule has 0 heterocycles. The lowest BCUT2D eigenvalue weighted by molar-refractivity contribution is 0.627. The molecule has 0 saturated carbocycles. The number of hydrogen-bond acceptors (Lipinski definition) is 3. The quantitative estimate of drug-likeness (QED) is 0.342. The van der Waals surface area contributed by atoms with E-state index in [1.165, 1.54) is 6.07 Å². The first-order chi connectivity index (χ1) is 3.18. The van der Waals surface area contributed by atoms with Gasteiger partial charge in [-0.1, -0.05) is 11.6 Å². The Morgan fingerprint density at radius 3 is 2.14 bits per heavy atom. The van der Waals surface area contributed by atoms with Crippen LogP contribution in [0.5, 0.6) is 0 Å². The van der Waals surface area contributed by atoms with E-state index < -0.39 is 14.6 Å². The van der Waals surface area contributed by atoms with Gasteiger partial charge in [-0.25, -0.2) is 0 Å². The molecule has 5 heteroatoms. The molecule has 0 atom stereocenters. The lowest BCUT2D eigenvalue weighted by atomic mass is 10.9. The van der Waals surface area contributed by atoms with Crippen molar-refractivity contribution in [3.63, 3.8) is 0 Å². The van der Waals surface area contributed by atoms with Crippen molar-refractivity contribution in [1.29, 1.82) is 5.26 Å². The third-order valence-corrected chi connectivity index (χ3v) is 1.08. The Morgan fingerprint density at radius 1 is 1.71 bits per heavy atom. The maximum absolute atomic E-state index is 9.54. The Morgan fingerprint density at radius 2 is 2.14 bits per heavy atom. The third kappa shape index (κ3) is 2.20. The molecule has 38 valence electrons. The molecule has 0 aromatic heterocycles. The van der Waals surface area contributed by atoms with Gasteiger partial charge in [-0.05, 0) is 0 Å². The second-order valence-corrected chi connectivity index (χ2v) is 2.10. The highest BCUT2D eigenvalue weighted by molar-refractivity contribution is 7.76. The van der Waals surface area contributed by atoms with Gasteiger partial charge in [0.25, 0.3) is 0 Å². The van der Waals surface area contributed by atoms with Gasteiger partial charge in [0.05, 0.1) is 0 Å². The number of hydrogen-bond donors (Lipinski definition) is 0. The van der Waals surface area contributed by atoms with Crippen LogP contribution in [0.3, 0.4) is 0 Å². The maximum Gasteiger partial charge on any atom is 0.244 e. The van der Waals surface area contributed by atoms with Crippen molar-refractivity contribution in [1.82, 2.24) is 0 Å². The van der Waals surface area contributed by atoms with Gasteiger partial charge in [-0.3, -0.25) is 0 Å². The van der Waals surface area contributed by atoms with Gasteiger partial charge in [0.15, 0.2) is 0 Å². The first-order valence-electron chi connectivity index (χ1n) is 1.20. The summed E-state index contributed by atoms with van der Waals surface area (Å²) in [5.41, 5.74) is 0. The molecule has 0 amide bonds. The molecule has 0 N–H and O–H groups in total. The molecule has 0 aromatic rings. The van der Waals surface area contributed by atoms with Gasteiger partial charge in [-0.2, -0.15) is 13.7 Å². The molecule has 3 nitrogen and oxygen atoms in total. The number of nitrogens with zero attached hydrogens (tertiary/aromatic N) is 1. The summed E-state index contributed by atoms with van der Waals surface area (Å²) in [6.45, 7) is 0. The summed E-state index contributed by atoms with van der Waals surface area (Å²) in [7, 11) is -2.54. The monoisotopic (exact) mass is 137 g/mol. The van der Waals surface area contributed by atoms with Gasteiger partial charge in [-0.15, -0.1) is 0 Å². The van der Waals surface area contributed by atoms with E-state index in [9.17, 15) is 8.42 Å². The second-order valence-electron chi connectivity index (χ2n) is 0.620. The Kier molecular flexibility index (Phi) is 2.41. The fraction of sp³-hybridized carbons (Fsp3) is 0. The molecule has 0 rings (SSSR count). The lowest BCUT2D eigenvalue weighted by Gasteiger charge is -1.57. The van der Waals surface area contributed by atoms with E-state index >= 15 is 0 Å². The van der Waals surface area contributed by atoms with E-state index in [2.05, 4.69) is 0 Å². The van der Waals surface area contributed by atoms with Gasteiger partial charge in [0.2, 0.25) is 14.6 Å². The summed E-state index contributed by atoms with van der Waals surface area (Å²) in [5.74, 6) is 0. The summed E-state index contributed by atoms with van der Waals surface area (Å²) in [6.07, 6.45) is 0. The van der Waals surface area contributed by atoms with Crippen LogP contribution in [0.15, 0.2) is 0 Å². The standard InChI is InChI=1S/C2ClNO2S/c3-2(1-4)7(5)6. The molecule has 0 unspecified atom stereocenters. The number of nitriles is 1. The van der Waals surface area contributed by atoms with Gasteiger partial charge in [0.1, 0.15) is 6.07 Å². The normalized spacial score (nSPS) is 6.86. The van der Waals surface area contributed by atoms with Crippen LogP contribution >= 0.6 is 11.6 Å². The zero-order chi connectivity index (χ0) is 5.86. The molecule has 0 saturated heterocycles. The Labute approximate surface area is 46.7 Å². The van der Waals surface area contributed by atoms with Gasteiger partial charge in [0, 0.05) is 0 Å². The predicted molar refractivity (Wildman–Crippen MR) is 25.4 cm³/mol. The first-order valence-corrected chi connectivity index (χ1v) is 2.65. The van der Waals surface area contributed by atoms with E-state index in [-0.39, 0.29) is 0 Å². The third-order valence-electron chi connectivity index (χ3n) is 0.234. The average molecular weight is 138 g/mol. The number of halogens is 1. The lowest BCUT2D eigenvalue weighted by Crippen LogP contribution is -1.77. The molecule has 0 aliphatic carbocycles. The van der Waals surface area contributed by atoms with Crippen molar-refractivity contribution in [2.24, 2.45) is 0 Å². The van der Waals surface area contributed by atoms with Crippen LogP contribution in [0.1, 0.15) is 0 Å². The highest BCUT2D eigenvalue weighted by atomic mass is 35.5. The van der Waals surface area contributed by atoms with E-state index in [1.54, 1.807) is 0 Å². The molecule has 0 radical (unpaired) electrons. The van der Waals surface area contributed by atoms with Crippen LogP contribution in [-0.4, -0.2) is 12.7 Å². The second kappa shape index (κ2) is 2.61. The van der Waals surface area contributed by atoms with Crippen molar-refractivity contribution in [3.05, 3.63) is 0 Å². The topological polar surface area (TPSA) is 57.9 Å². The Balaban J connectivity index is 4.81. The summed E-state index contributed by atoms with van der Waals surface area (Å²) in [4.78, 5) is 0. The van der Waals surface area contributed by atoms with Crippen LogP contribution in [0.4, 0.5) is 0 Å². The fourth-order valence-corrected chi connectivity index (χ4v) is 0.112. The zero-order valence-corrected chi connectivity index (χ0v) is 4.62. The molecule has 0 spiro atoms. The van der Waals surface area contributed by atoms with Crippen molar-refractivity contribution in [3.8, 4) is 6.07 Å². The maximum atomic E-state index is 9.54. The molecule has 0 aliphatic rings. The van der Waals surface area contributed by atoms with E-state index in [1.807, 2.05) is 0 Å². The van der Waals surface area contributed by atoms with Crippen molar-refractivity contribution >= 4 is 26.2 Å². The van der Waals surface area contributed by atoms with E-state index in [0.717, 1.165) is 0 Å². The van der Waals surface area contributed by atoms with E-state index in [0.29, 0.717) is 0 Å². The first kappa shape index (κ1) is 6.47. The minimum atomic E-state index is -2.54. The molecule has 0 aromatic carbocycles. The van der Waals surface area contributed by atoms with Crippen LogP contribution in [0.25, 0.3) is 0 Å². The highest BCUT2D eigenvalue weighted by Gasteiger charge is 1.85. The van der Waals surface area contributed by atoms with Crippen LogP contribution in [0.2, 0.25) is 0 Å². The van der Waals surface area contributed by atoms with Gasteiger partial charge < -0.3 is 0 Å². The highest BCUT2D eigenvalue weighted by Crippen LogP contribution is 1.73. The number of rotatable bonds is 0. The molecule has 0 fully saturated rings. The Hall–Kier alpha value is -0.530. The average Bonchev–Trinajstić information content (AvgIpc) is 1.65. The zero-order valence-electron chi connectivity index (χ0n) is 3.05. The predicted octanol–water partition coefficient (Wildman–Crippen LogP) is -0.242. The SMILES string of the molecule is N#CC(Cl)=S(=O)=O. The summed E-state index contributed by atoms with van der Waals surface area (Å²) in [6, 6.07) is 1.23. The summed E-state index contributed by atoms with van der Waals surface area (Å²) < 4.78 is 18.4. The van der Waals surface area contributed by atoms with Crippen molar-refractivity contribution < 1.29 is 8.42 Å². The van der Waals surface area contributed by atoms with Crippen molar-refractivity contribution in [2.45, 2.75) is 0 Å².